The maximum absolute atomic E-state index is 12.0. The Balaban J connectivity index is 2.40. The molecule has 1 aromatic carbocycles. The molecule has 0 saturated heterocycles. The summed E-state index contributed by atoms with van der Waals surface area (Å²) in [5.41, 5.74) is 0.767. The molecule has 0 N–H and O–H groups in total. The fourth-order valence-corrected chi connectivity index (χ4v) is 3.08. The van der Waals surface area contributed by atoms with Gasteiger partial charge in [0.1, 0.15) is 0 Å². The summed E-state index contributed by atoms with van der Waals surface area (Å²) in [6, 6.07) is 6.73. The molecule has 1 aromatic rings. The molecule has 0 spiro atoms. The summed E-state index contributed by atoms with van der Waals surface area (Å²) < 4.78 is 4.89. The largest absolute Gasteiger partial charge is 0.469 e. The first-order chi connectivity index (χ1) is 9.65. The Morgan fingerprint density at radius 1 is 1.25 bits per heavy atom. The number of nitro benzene ring substituents is 1. The van der Waals surface area contributed by atoms with Gasteiger partial charge in [0.2, 0.25) is 0 Å². The van der Waals surface area contributed by atoms with Gasteiger partial charge in [-0.25, -0.2) is 0 Å². The van der Waals surface area contributed by atoms with Crippen LogP contribution >= 0.6 is 0 Å². The van der Waals surface area contributed by atoms with Gasteiger partial charge < -0.3 is 4.74 Å². The highest BCUT2D eigenvalue weighted by molar-refractivity contribution is 5.74. The van der Waals surface area contributed by atoms with Crippen molar-refractivity contribution in [2.75, 3.05) is 7.11 Å². The van der Waals surface area contributed by atoms with Crippen molar-refractivity contribution < 1.29 is 14.5 Å². The predicted molar refractivity (Wildman–Crippen MR) is 74.4 cm³/mol. The molecule has 5 heteroatoms. The van der Waals surface area contributed by atoms with Crippen LogP contribution in [0.15, 0.2) is 24.3 Å². The molecular weight excluding hydrogens is 258 g/mol. The molecule has 20 heavy (non-hydrogen) atoms. The minimum Gasteiger partial charge on any atom is -0.469 e. The predicted octanol–water partition coefficient (Wildman–Crippen LogP) is 3.43. The number of para-hydroxylation sites is 1. The minimum absolute atomic E-state index is 0.105. The van der Waals surface area contributed by atoms with E-state index in [9.17, 15) is 14.9 Å². The van der Waals surface area contributed by atoms with E-state index in [1.165, 1.54) is 13.2 Å². The molecule has 1 fully saturated rings. The average molecular weight is 277 g/mol. The van der Waals surface area contributed by atoms with Gasteiger partial charge in [-0.15, -0.1) is 0 Å². The van der Waals surface area contributed by atoms with Gasteiger partial charge in [-0.2, -0.15) is 0 Å². The summed E-state index contributed by atoms with van der Waals surface area (Å²) >= 11 is 0. The van der Waals surface area contributed by atoms with Crippen LogP contribution in [0.4, 0.5) is 5.69 Å². The first kappa shape index (κ1) is 14.5. The number of rotatable bonds is 3. The molecule has 108 valence electrons. The number of ether oxygens (including phenoxy) is 1. The Hall–Kier alpha value is -1.91. The second kappa shape index (κ2) is 6.50. The van der Waals surface area contributed by atoms with Gasteiger partial charge in [-0.3, -0.25) is 14.9 Å². The maximum atomic E-state index is 12.0. The molecule has 5 nitrogen and oxygen atoms in total. The standard InChI is InChI=1S/C15H19NO4/c1-20-15(17)13-9-4-2-3-7-11(13)12-8-5-6-10-14(12)16(18)19/h5-6,8,10-11,13H,2-4,7,9H2,1H3. The highest BCUT2D eigenvalue weighted by Gasteiger charge is 2.34. The van der Waals surface area contributed by atoms with Crippen molar-refractivity contribution in [3.8, 4) is 0 Å². The lowest BCUT2D eigenvalue weighted by molar-refractivity contribution is -0.385. The number of methoxy groups -OCH3 is 1. The lowest BCUT2D eigenvalue weighted by atomic mass is 9.81. The van der Waals surface area contributed by atoms with E-state index in [-0.39, 0.29) is 28.4 Å². The third-order valence-corrected chi connectivity index (χ3v) is 4.05. The van der Waals surface area contributed by atoms with Crippen LogP contribution in [0.2, 0.25) is 0 Å². The van der Waals surface area contributed by atoms with E-state index in [1.54, 1.807) is 18.2 Å². The molecule has 1 aliphatic carbocycles. The van der Waals surface area contributed by atoms with Gasteiger partial charge in [0.25, 0.3) is 5.69 Å². The smallest absolute Gasteiger partial charge is 0.309 e. The van der Waals surface area contributed by atoms with Crippen molar-refractivity contribution in [1.82, 2.24) is 0 Å². The minimum atomic E-state index is -0.367. The van der Waals surface area contributed by atoms with Crippen LogP contribution in [0.3, 0.4) is 0 Å². The quantitative estimate of drug-likeness (QED) is 0.367. The molecule has 2 unspecified atom stereocenters. The van der Waals surface area contributed by atoms with Crippen LogP contribution in [0.1, 0.15) is 43.6 Å². The number of hydrogen-bond acceptors (Lipinski definition) is 4. The molecule has 0 aromatic heterocycles. The lowest BCUT2D eigenvalue weighted by Crippen LogP contribution is -2.23. The molecule has 0 radical (unpaired) electrons. The van der Waals surface area contributed by atoms with Crippen molar-refractivity contribution in [2.45, 2.75) is 38.0 Å². The van der Waals surface area contributed by atoms with Crippen molar-refractivity contribution in [3.63, 3.8) is 0 Å². The first-order valence-corrected chi connectivity index (χ1v) is 6.96. The van der Waals surface area contributed by atoms with E-state index in [4.69, 9.17) is 4.74 Å². The van der Waals surface area contributed by atoms with Crippen molar-refractivity contribution in [1.29, 1.82) is 0 Å². The number of nitro groups is 1. The zero-order valence-corrected chi connectivity index (χ0v) is 11.6. The molecule has 0 bridgehead atoms. The molecule has 2 rings (SSSR count). The van der Waals surface area contributed by atoms with E-state index < -0.39 is 0 Å². The van der Waals surface area contributed by atoms with Crippen LogP contribution < -0.4 is 0 Å². The topological polar surface area (TPSA) is 69.4 Å². The third-order valence-electron chi connectivity index (χ3n) is 4.05. The summed E-state index contributed by atoms with van der Waals surface area (Å²) in [5, 5.41) is 11.2. The van der Waals surface area contributed by atoms with Gasteiger partial charge in [-0.1, -0.05) is 37.5 Å². The number of esters is 1. The number of benzene rings is 1. The van der Waals surface area contributed by atoms with Gasteiger partial charge in [0, 0.05) is 17.5 Å². The highest BCUT2D eigenvalue weighted by Crippen LogP contribution is 2.40. The number of carbonyl (C=O) groups is 1. The molecule has 0 heterocycles. The Morgan fingerprint density at radius 3 is 2.65 bits per heavy atom. The summed E-state index contributed by atoms with van der Waals surface area (Å²) in [7, 11) is 1.38. The zero-order chi connectivity index (χ0) is 14.5. The number of carbonyl (C=O) groups excluding carboxylic acids is 1. The highest BCUT2D eigenvalue weighted by atomic mass is 16.6. The van der Waals surface area contributed by atoms with Crippen LogP contribution in [0.5, 0.6) is 0 Å². The summed E-state index contributed by atoms with van der Waals surface area (Å²) in [6.45, 7) is 0. The molecular formula is C15H19NO4. The lowest BCUT2D eigenvalue weighted by Gasteiger charge is -2.23. The molecule has 0 amide bonds. The third kappa shape index (κ3) is 2.98. The number of hydrogen-bond donors (Lipinski definition) is 0. The zero-order valence-electron chi connectivity index (χ0n) is 11.6. The van der Waals surface area contributed by atoms with Gasteiger partial charge in [0.15, 0.2) is 0 Å². The normalized spacial score (nSPS) is 22.9. The second-order valence-corrected chi connectivity index (χ2v) is 5.19. The van der Waals surface area contributed by atoms with Crippen LogP contribution in [0, 0.1) is 16.0 Å². The van der Waals surface area contributed by atoms with Gasteiger partial charge in [0.05, 0.1) is 18.0 Å². The monoisotopic (exact) mass is 277 g/mol. The fourth-order valence-electron chi connectivity index (χ4n) is 3.08. The molecule has 1 saturated carbocycles. The van der Waals surface area contributed by atoms with Crippen molar-refractivity contribution >= 4 is 11.7 Å². The first-order valence-electron chi connectivity index (χ1n) is 6.96. The van der Waals surface area contributed by atoms with E-state index in [2.05, 4.69) is 0 Å². The summed E-state index contributed by atoms with van der Waals surface area (Å²) in [6.07, 6.45) is 4.56. The van der Waals surface area contributed by atoms with Crippen LogP contribution in [-0.2, 0) is 9.53 Å². The van der Waals surface area contributed by atoms with E-state index in [1.807, 2.05) is 0 Å². The van der Waals surface area contributed by atoms with Crippen molar-refractivity contribution in [3.05, 3.63) is 39.9 Å². The summed E-state index contributed by atoms with van der Waals surface area (Å²) in [5.74, 6) is -0.648. The Bertz CT molecular complexity index is 500. The SMILES string of the molecule is COC(=O)C1CCCCCC1c1ccccc1[N+](=O)[O-]. The second-order valence-electron chi connectivity index (χ2n) is 5.19. The summed E-state index contributed by atoms with van der Waals surface area (Å²) in [4.78, 5) is 22.8. The Morgan fingerprint density at radius 2 is 1.95 bits per heavy atom. The fraction of sp³-hybridized carbons (Fsp3) is 0.533. The van der Waals surface area contributed by atoms with E-state index in [0.29, 0.717) is 5.56 Å². The van der Waals surface area contributed by atoms with Crippen LogP contribution in [-0.4, -0.2) is 18.0 Å². The maximum Gasteiger partial charge on any atom is 0.309 e. The molecule has 0 aliphatic heterocycles. The number of nitrogens with zero attached hydrogens (tertiary/aromatic N) is 1. The van der Waals surface area contributed by atoms with Crippen LogP contribution in [0.25, 0.3) is 0 Å². The molecule has 2 atom stereocenters. The van der Waals surface area contributed by atoms with Crippen molar-refractivity contribution in [2.24, 2.45) is 5.92 Å². The van der Waals surface area contributed by atoms with Gasteiger partial charge in [-0.05, 0) is 12.8 Å². The Labute approximate surface area is 118 Å². The average Bonchev–Trinajstić information content (AvgIpc) is 2.72. The molecule has 1 aliphatic rings. The van der Waals surface area contributed by atoms with E-state index >= 15 is 0 Å². The Kier molecular flexibility index (Phi) is 4.71. The van der Waals surface area contributed by atoms with Gasteiger partial charge >= 0.3 is 5.97 Å². The van der Waals surface area contributed by atoms with E-state index in [0.717, 1.165) is 32.1 Å².